The molecular weight excluding hydrogens is 568 g/mol. The van der Waals surface area contributed by atoms with Crippen LogP contribution in [0.5, 0.6) is 0 Å². The van der Waals surface area contributed by atoms with Crippen molar-refractivity contribution >= 4 is 41.0 Å². The van der Waals surface area contributed by atoms with Gasteiger partial charge >= 0.3 is 34.2 Å². The maximum absolute atomic E-state index is 7.75. The molecule has 0 aliphatic carbocycles. The molecule has 0 N–H and O–H groups in total. The predicted octanol–water partition coefficient (Wildman–Crippen LogP) is 3.88. The van der Waals surface area contributed by atoms with Crippen LogP contribution >= 0.6 is 0 Å². The van der Waals surface area contributed by atoms with Gasteiger partial charge in [-0.25, -0.2) is 0 Å². The van der Waals surface area contributed by atoms with Crippen molar-refractivity contribution in [2.24, 2.45) is 0 Å². The van der Waals surface area contributed by atoms with Gasteiger partial charge in [0, 0.05) is 21.1 Å². The summed E-state index contributed by atoms with van der Waals surface area (Å²) >= 11 is 0. The Morgan fingerprint density at radius 3 is 0.800 bits per heavy atom. The summed E-state index contributed by atoms with van der Waals surface area (Å²) in [7, 11) is -10.4. The number of carbonyl (C=O) groups excluding carboxylic acids is 1. The molecular formula is C15H31O5PtSi4-3. The molecule has 1 saturated heterocycles. The van der Waals surface area contributed by atoms with Crippen molar-refractivity contribution < 1.29 is 42.3 Å². The first-order valence-electron chi connectivity index (χ1n) is 6.66. The molecule has 5 nitrogen and oxygen atoms in total. The zero-order valence-electron chi connectivity index (χ0n) is 16.1. The maximum atomic E-state index is 7.75. The quantitative estimate of drug-likeness (QED) is 0.280. The van der Waals surface area contributed by atoms with Crippen molar-refractivity contribution in [1.82, 2.24) is 0 Å². The monoisotopic (exact) mass is 598 g/mol. The van der Waals surface area contributed by atoms with E-state index in [-0.39, 0.29) is 35.9 Å². The third-order valence-electron chi connectivity index (χ3n) is 3.10. The Bertz CT molecular complexity index is 373. The summed E-state index contributed by atoms with van der Waals surface area (Å²) in [5.41, 5.74) is 7.01. The topological polar surface area (TPSA) is 54.0 Å². The normalized spacial score (nSPS) is 36.8. The van der Waals surface area contributed by atoms with E-state index in [1.807, 2.05) is 26.2 Å². The van der Waals surface area contributed by atoms with Crippen molar-refractivity contribution in [2.75, 3.05) is 0 Å². The molecule has 1 aliphatic rings. The standard InChI is InChI=1S/C12H24O4Si4.CHO.2CH3.Pt/c1-9-17(5)13-18(6,10-2)15-20(8,12-4)16-19(7,11-3)14-17;1-2;;;/h9-12H,1-4H2,5-8H3;1H;2*1H3;/q;3*-1;. The van der Waals surface area contributed by atoms with Crippen LogP contribution in [-0.4, -0.2) is 41.0 Å². The molecule has 0 atom stereocenters. The predicted molar refractivity (Wildman–Crippen MR) is 111 cm³/mol. The molecule has 0 aromatic carbocycles. The van der Waals surface area contributed by atoms with Gasteiger partial charge in [-0.15, -0.1) is 26.3 Å². The largest absolute Gasteiger partial charge is 0.545 e. The second-order valence-electron chi connectivity index (χ2n) is 5.29. The summed E-state index contributed by atoms with van der Waals surface area (Å²) in [4.78, 5) is 7.75. The summed E-state index contributed by atoms with van der Waals surface area (Å²) in [6.07, 6.45) is 0. The van der Waals surface area contributed by atoms with Crippen molar-refractivity contribution in [3.05, 3.63) is 64.0 Å². The molecule has 1 rings (SSSR count). The molecule has 10 heteroatoms. The van der Waals surface area contributed by atoms with E-state index in [2.05, 4.69) is 33.1 Å². The average molecular weight is 599 g/mol. The second-order valence-corrected chi connectivity index (χ2v) is 18.3. The molecule has 1 aliphatic heterocycles. The van der Waals surface area contributed by atoms with E-state index in [4.69, 9.17) is 21.3 Å². The molecule has 0 aromatic heterocycles. The summed E-state index contributed by atoms with van der Waals surface area (Å²) in [5, 5.41) is 0. The molecule has 150 valence electrons. The second kappa shape index (κ2) is 12.4. The van der Waals surface area contributed by atoms with E-state index in [1.165, 1.54) is 0 Å². The van der Waals surface area contributed by atoms with Gasteiger partial charge in [-0.1, -0.05) is 22.8 Å². The van der Waals surface area contributed by atoms with Crippen LogP contribution in [-0.2, 0) is 42.3 Å². The number of hydrogen-bond donors (Lipinski definition) is 0. The molecule has 0 saturated carbocycles. The molecule has 0 aromatic rings. The van der Waals surface area contributed by atoms with E-state index < -0.39 is 34.2 Å². The minimum Gasteiger partial charge on any atom is -0.545 e. The summed E-state index contributed by atoms with van der Waals surface area (Å²) in [6.45, 7) is 26.4. The first kappa shape index (κ1) is 32.7. The van der Waals surface area contributed by atoms with E-state index in [0.29, 0.717) is 0 Å². The fourth-order valence-electron chi connectivity index (χ4n) is 2.03. The van der Waals surface area contributed by atoms with Crippen LogP contribution in [0.1, 0.15) is 0 Å². The minimum absolute atomic E-state index is 0. The van der Waals surface area contributed by atoms with E-state index >= 15 is 0 Å². The van der Waals surface area contributed by atoms with Gasteiger partial charge in [0.25, 0.3) is 0 Å². The van der Waals surface area contributed by atoms with Crippen LogP contribution in [0, 0.1) is 14.9 Å². The van der Waals surface area contributed by atoms with Gasteiger partial charge in [0.2, 0.25) is 0 Å². The van der Waals surface area contributed by atoms with E-state index in [0.717, 1.165) is 0 Å². The first-order chi connectivity index (χ1) is 10.1. The number of rotatable bonds is 4. The van der Waals surface area contributed by atoms with Crippen molar-refractivity contribution in [3.8, 4) is 0 Å². The smallest absolute Gasteiger partial charge is 0.344 e. The van der Waals surface area contributed by atoms with Crippen LogP contribution in [0.15, 0.2) is 49.1 Å². The van der Waals surface area contributed by atoms with Crippen LogP contribution in [0.4, 0.5) is 0 Å². The summed E-state index contributed by atoms with van der Waals surface area (Å²) in [5.74, 6) is 0. The molecule has 1 heterocycles. The van der Waals surface area contributed by atoms with E-state index in [9.17, 15) is 0 Å². The molecule has 0 spiro atoms. The molecule has 0 bridgehead atoms. The van der Waals surface area contributed by atoms with Crippen molar-refractivity contribution in [2.45, 2.75) is 26.2 Å². The third-order valence-corrected chi connectivity index (χ3v) is 19.0. The Kier molecular flexibility index (Phi) is 16.2. The minimum atomic E-state index is -2.60. The molecule has 0 unspecified atom stereocenters. The fraction of sp³-hybridized carbons (Fsp3) is 0.267. The maximum Gasteiger partial charge on any atom is 0.344 e. The average Bonchev–Trinajstić information content (AvgIpc) is 2.47. The summed E-state index contributed by atoms with van der Waals surface area (Å²) < 4.78 is 25.0. The van der Waals surface area contributed by atoms with Crippen LogP contribution in [0.3, 0.4) is 0 Å². The zero-order chi connectivity index (χ0) is 17.7. The van der Waals surface area contributed by atoms with Crippen molar-refractivity contribution in [3.63, 3.8) is 0 Å². The molecule has 0 amide bonds. The van der Waals surface area contributed by atoms with Crippen LogP contribution < -0.4 is 0 Å². The van der Waals surface area contributed by atoms with Crippen LogP contribution in [0.2, 0.25) is 26.2 Å². The third kappa shape index (κ3) is 8.98. The van der Waals surface area contributed by atoms with Gasteiger partial charge in [-0.3, -0.25) is 6.79 Å². The van der Waals surface area contributed by atoms with E-state index in [1.54, 1.807) is 22.8 Å². The van der Waals surface area contributed by atoms with Gasteiger partial charge in [0.1, 0.15) is 0 Å². The first-order valence-corrected chi connectivity index (χ1v) is 16.2. The SMILES string of the molecule is C=C[Si]1(C)O[Si](C)(C=C)O[Si](C)(C=C)O[Si](C)(C=C)O1.[CH-]=O.[CH3-].[CH3-].[Pt]. The Balaban J connectivity index is -0.000000425. The fourth-order valence-corrected chi connectivity index (χ4v) is 19.7. The molecule has 25 heavy (non-hydrogen) atoms. The van der Waals surface area contributed by atoms with Crippen LogP contribution in [0.25, 0.3) is 0 Å². The Morgan fingerprint density at radius 1 is 0.600 bits per heavy atom. The van der Waals surface area contributed by atoms with Gasteiger partial charge < -0.3 is 36.1 Å². The molecule has 0 radical (unpaired) electrons. The van der Waals surface area contributed by atoms with Crippen molar-refractivity contribution in [1.29, 1.82) is 0 Å². The Labute approximate surface area is 173 Å². The van der Waals surface area contributed by atoms with Gasteiger partial charge in [0.15, 0.2) is 0 Å². The zero-order valence-corrected chi connectivity index (χ0v) is 22.3. The Morgan fingerprint density at radius 2 is 0.720 bits per heavy atom. The van der Waals surface area contributed by atoms with Gasteiger partial charge in [-0.2, -0.15) is 0 Å². The number of hydrogen-bond acceptors (Lipinski definition) is 5. The molecule has 1 fully saturated rings. The summed E-state index contributed by atoms with van der Waals surface area (Å²) in [6, 6.07) is 0. The van der Waals surface area contributed by atoms with Gasteiger partial charge in [-0.05, 0) is 26.2 Å². The van der Waals surface area contributed by atoms with Gasteiger partial charge in [0.05, 0.1) is 0 Å². The Hall–Kier alpha value is 0.0258.